The molecule has 2 aromatic rings. The highest BCUT2D eigenvalue weighted by Crippen LogP contribution is 2.25. The molecule has 0 aliphatic heterocycles. The number of hydrogen-bond acceptors (Lipinski definition) is 4. The quantitative estimate of drug-likeness (QED) is 0.840. The SMILES string of the molecule is COc1ccccc1OCC(=O)NCCc1ccoc1. The van der Waals surface area contributed by atoms with Gasteiger partial charge in [0.2, 0.25) is 0 Å². The number of benzene rings is 1. The maximum Gasteiger partial charge on any atom is 0.257 e. The number of carbonyl (C=O) groups excluding carboxylic acids is 1. The lowest BCUT2D eigenvalue weighted by Crippen LogP contribution is -2.30. The molecule has 1 amide bonds. The Morgan fingerprint density at radius 1 is 1.25 bits per heavy atom. The maximum absolute atomic E-state index is 11.6. The molecule has 1 N–H and O–H groups in total. The molecule has 0 aliphatic rings. The molecule has 0 bridgehead atoms. The van der Waals surface area contributed by atoms with E-state index in [-0.39, 0.29) is 12.5 Å². The van der Waals surface area contributed by atoms with E-state index in [4.69, 9.17) is 13.9 Å². The van der Waals surface area contributed by atoms with Crippen LogP contribution >= 0.6 is 0 Å². The number of methoxy groups -OCH3 is 1. The van der Waals surface area contributed by atoms with Crippen LogP contribution in [0.2, 0.25) is 0 Å². The van der Waals surface area contributed by atoms with Crippen molar-refractivity contribution in [1.29, 1.82) is 0 Å². The van der Waals surface area contributed by atoms with Crippen molar-refractivity contribution in [3.05, 3.63) is 48.4 Å². The average molecular weight is 275 g/mol. The second-order valence-electron chi connectivity index (χ2n) is 4.17. The van der Waals surface area contributed by atoms with E-state index in [1.165, 1.54) is 0 Å². The van der Waals surface area contributed by atoms with E-state index in [9.17, 15) is 4.79 Å². The Morgan fingerprint density at radius 3 is 2.75 bits per heavy atom. The molecule has 0 radical (unpaired) electrons. The first-order chi connectivity index (χ1) is 9.79. The third kappa shape index (κ3) is 4.05. The summed E-state index contributed by atoms with van der Waals surface area (Å²) in [7, 11) is 1.56. The summed E-state index contributed by atoms with van der Waals surface area (Å²) in [4.78, 5) is 11.6. The standard InChI is InChI=1S/C15H17NO4/c1-18-13-4-2-3-5-14(13)20-11-15(17)16-8-6-12-7-9-19-10-12/h2-5,7,9-10H,6,8,11H2,1H3,(H,16,17). The van der Waals surface area contributed by atoms with Gasteiger partial charge in [-0.05, 0) is 30.2 Å². The summed E-state index contributed by atoms with van der Waals surface area (Å²) in [5.41, 5.74) is 1.05. The van der Waals surface area contributed by atoms with Crippen LogP contribution in [-0.4, -0.2) is 26.2 Å². The first-order valence-electron chi connectivity index (χ1n) is 6.33. The Kier molecular flexibility index (Phi) is 5.06. The highest BCUT2D eigenvalue weighted by atomic mass is 16.5. The van der Waals surface area contributed by atoms with Crippen LogP contribution in [0.3, 0.4) is 0 Å². The Hall–Kier alpha value is -2.43. The Morgan fingerprint density at radius 2 is 2.05 bits per heavy atom. The van der Waals surface area contributed by atoms with Crippen molar-refractivity contribution in [3.8, 4) is 11.5 Å². The topological polar surface area (TPSA) is 60.7 Å². The molecule has 20 heavy (non-hydrogen) atoms. The van der Waals surface area contributed by atoms with Crippen LogP contribution < -0.4 is 14.8 Å². The van der Waals surface area contributed by atoms with Gasteiger partial charge in [-0.15, -0.1) is 0 Å². The zero-order chi connectivity index (χ0) is 14.2. The highest BCUT2D eigenvalue weighted by molar-refractivity contribution is 5.77. The van der Waals surface area contributed by atoms with Crippen molar-refractivity contribution in [1.82, 2.24) is 5.32 Å². The third-order valence-corrected chi connectivity index (χ3v) is 2.74. The minimum atomic E-state index is -0.167. The molecule has 0 saturated carbocycles. The van der Waals surface area contributed by atoms with Gasteiger partial charge in [0, 0.05) is 6.54 Å². The Labute approximate surface area is 117 Å². The van der Waals surface area contributed by atoms with Gasteiger partial charge in [-0.2, -0.15) is 0 Å². The molecule has 0 atom stereocenters. The Balaban J connectivity index is 1.72. The fourth-order valence-corrected chi connectivity index (χ4v) is 1.71. The van der Waals surface area contributed by atoms with Gasteiger partial charge in [0.1, 0.15) is 0 Å². The van der Waals surface area contributed by atoms with E-state index in [1.807, 2.05) is 18.2 Å². The summed E-state index contributed by atoms with van der Waals surface area (Å²) in [6.07, 6.45) is 4.01. The summed E-state index contributed by atoms with van der Waals surface area (Å²) in [6.45, 7) is 0.513. The number of ether oxygens (including phenoxy) is 2. The van der Waals surface area contributed by atoms with E-state index >= 15 is 0 Å². The molecule has 106 valence electrons. The zero-order valence-corrected chi connectivity index (χ0v) is 11.3. The minimum absolute atomic E-state index is 0.0360. The molecule has 0 spiro atoms. The average Bonchev–Trinajstić information content (AvgIpc) is 2.98. The van der Waals surface area contributed by atoms with E-state index in [0.717, 1.165) is 12.0 Å². The molecule has 0 saturated heterocycles. The molecule has 0 fully saturated rings. The molecule has 5 heteroatoms. The van der Waals surface area contributed by atoms with Crippen LogP contribution in [0.4, 0.5) is 0 Å². The van der Waals surface area contributed by atoms with E-state index in [0.29, 0.717) is 18.0 Å². The van der Waals surface area contributed by atoms with Gasteiger partial charge in [0.15, 0.2) is 18.1 Å². The van der Waals surface area contributed by atoms with Crippen LogP contribution in [-0.2, 0) is 11.2 Å². The number of amides is 1. The van der Waals surface area contributed by atoms with Gasteiger partial charge in [-0.3, -0.25) is 4.79 Å². The molecule has 2 rings (SSSR count). The molecule has 1 heterocycles. The molecule has 0 unspecified atom stereocenters. The van der Waals surface area contributed by atoms with Crippen molar-refractivity contribution < 1.29 is 18.7 Å². The summed E-state index contributed by atoms with van der Waals surface area (Å²) in [5.74, 6) is 0.998. The number of hydrogen-bond donors (Lipinski definition) is 1. The molecular weight excluding hydrogens is 258 g/mol. The monoisotopic (exact) mass is 275 g/mol. The van der Waals surface area contributed by atoms with Crippen LogP contribution in [0, 0.1) is 0 Å². The Bertz CT molecular complexity index is 537. The maximum atomic E-state index is 11.6. The number of nitrogens with one attached hydrogen (secondary N) is 1. The predicted octanol–water partition coefficient (Wildman–Crippen LogP) is 2.03. The van der Waals surface area contributed by atoms with Gasteiger partial charge in [0.05, 0.1) is 19.6 Å². The first kappa shape index (κ1) is 14.0. The van der Waals surface area contributed by atoms with Crippen molar-refractivity contribution in [2.24, 2.45) is 0 Å². The smallest absolute Gasteiger partial charge is 0.257 e. The van der Waals surface area contributed by atoms with Crippen LogP contribution in [0.1, 0.15) is 5.56 Å². The molecule has 0 aliphatic carbocycles. The second-order valence-corrected chi connectivity index (χ2v) is 4.17. The number of rotatable bonds is 7. The fraction of sp³-hybridized carbons (Fsp3) is 0.267. The normalized spacial score (nSPS) is 10.1. The summed E-state index contributed by atoms with van der Waals surface area (Å²) in [6, 6.07) is 9.09. The van der Waals surface area contributed by atoms with Crippen LogP contribution in [0.15, 0.2) is 47.3 Å². The highest BCUT2D eigenvalue weighted by Gasteiger charge is 2.06. The lowest BCUT2D eigenvalue weighted by molar-refractivity contribution is -0.123. The van der Waals surface area contributed by atoms with Crippen molar-refractivity contribution in [3.63, 3.8) is 0 Å². The van der Waals surface area contributed by atoms with Gasteiger partial charge < -0.3 is 19.2 Å². The molecular formula is C15H17NO4. The summed E-state index contributed by atoms with van der Waals surface area (Å²) >= 11 is 0. The van der Waals surface area contributed by atoms with Crippen LogP contribution in [0.5, 0.6) is 11.5 Å². The molecule has 1 aromatic heterocycles. The number of para-hydroxylation sites is 2. The number of furan rings is 1. The van der Waals surface area contributed by atoms with Crippen LogP contribution in [0.25, 0.3) is 0 Å². The predicted molar refractivity (Wildman–Crippen MR) is 73.9 cm³/mol. The molecule has 5 nitrogen and oxygen atoms in total. The number of carbonyl (C=O) groups is 1. The van der Waals surface area contributed by atoms with Gasteiger partial charge in [-0.1, -0.05) is 12.1 Å². The fourth-order valence-electron chi connectivity index (χ4n) is 1.71. The van der Waals surface area contributed by atoms with Gasteiger partial charge >= 0.3 is 0 Å². The van der Waals surface area contributed by atoms with E-state index < -0.39 is 0 Å². The van der Waals surface area contributed by atoms with Gasteiger partial charge in [0.25, 0.3) is 5.91 Å². The third-order valence-electron chi connectivity index (χ3n) is 2.74. The lowest BCUT2D eigenvalue weighted by atomic mass is 10.2. The zero-order valence-electron chi connectivity index (χ0n) is 11.3. The summed E-state index contributed by atoms with van der Waals surface area (Å²) in [5, 5.41) is 2.78. The van der Waals surface area contributed by atoms with Crippen molar-refractivity contribution in [2.45, 2.75) is 6.42 Å². The van der Waals surface area contributed by atoms with E-state index in [2.05, 4.69) is 5.32 Å². The largest absolute Gasteiger partial charge is 0.493 e. The summed E-state index contributed by atoms with van der Waals surface area (Å²) < 4.78 is 15.5. The first-order valence-corrected chi connectivity index (χ1v) is 6.33. The van der Waals surface area contributed by atoms with Crippen molar-refractivity contribution in [2.75, 3.05) is 20.3 Å². The molecule has 1 aromatic carbocycles. The lowest BCUT2D eigenvalue weighted by Gasteiger charge is -2.10. The second kappa shape index (κ2) is 7.23. The minimum Gasteiger partial charge on any atom is -0.493 e. The van der Waals surface area contributed by atoms with E-state index in [1.54, 1.807) is 31.8 Å². The van der Waals surface area contributed by atoms with Crippen molar-refractivity contribution >= 4 is 5.91 Å². The van der Waals surface area contributed by atoms with Gasteiger partial charge in [-0.25, -0.2) is 0 Å².